The summed E-state index contributed by atoms with van der Waals surface area (Å²) in [6, 6.07) is 15.2. The van der Waals surface area contributed by atoms with E-state index in [0.717, 1.165) is 5.56 Å². The van der Waals surface area contributed by atoms with Gasteiger partial charge in [-0.25, -0.2) is 9.18 Å². The minimum absolute atomic E-state index is 0.0248. The van der Waals surface area contributed by atoms with E-state index in [4.69, 9.17) is 0 Å². The number of hydrogen-bond donors (Lipinski definition) is 1. The lowest BCUT2D eigenvalue weighted by Crippen LogP contribution is -2.05. The number of carboxylic acids is 1. The van der Waals surface area contributed by atoms with E-state index >= 15 is 0 Å². The minimum atomic E-state index is -1.11. The number of aliphatic carboxylic acids is 1. The quantitative estimate of drug-likeness (QED) is 0.666. The molecule has 0 fully saturated rings. The van der Waals surface area contributed by atoms with Crippen molar-refractivity contribution >= 4 is 17.1 Å². The lowest BCUT2D eigenvalue weighted by molar-refractivity contribution is -0.130. The predicted octanol–water partition coefficient (Wildman–Crippen LogP) is 4.23. The second kappa shape index (κ2) is 6.15. The molecular formula is C17H15FO2. The second-order valence-electron chi connectivity index (χ2n) is 4.36. The molecule has 0 aliphatic heterocycles. The van der Waals surface area contributed by atoms with Crippen molar-refractivity contribution in [2.24, 2.45) is 0 Å². The van der Waals surface area contributed by atoms with Crippen molar-refractivity contribution in [3.8, 4) is 0 Å². The van der Waals surface area contributed by atoms with Gasteiger partial charge in [0.2, 0.25) is 0 Å². The Kier molecular flexibility index (Phi) is 4.31. The van der Waals surface area contributed by atoms with Crippen LogP contribution in [0.4, 0.5) is 4.39 Å². The number of halogens is 1. The Morgan fingerprint density at radius 2 is 1.65 bits per heavy atom. The third-order valence-corrected chi connectivity index (χ3v) is 3.13. The second-order valence-corrected chi connectivity index (χ2v) is 4.36. The Bertz CT molecular complexity index is 645. The monoisotopic (exact) mass is 270 g/mol. The molecule has 20 heavy (non-hydrogen) atoms. The summed E-state index contributed by atoms with van der Waals surface area (Å²) in [5, 5.41) is 9.49. The average Bonchev–Trinajstić information content (AvgIpc) is 2.46. The molecule has 0 saturated carbocycles. The molecule has 0 atom stereocenters. The summed E-state index contributed by atoms with van der Waals surface area (Å²) in [4.78, 5) is 11.6. The summed E-state index contributed by atoms with van der Waals surface area (Å²) in [6.45, 7) is 1.87. The molecule has 2 aromatic carbocycles. The molecule has 0 radical (unpaired) electrons. The molecule has 0 saturated heterocycles. The summed E-state index contributed by atoms with van der Waals surface area (Å²) in [6.07, 6.45) is 0.514. The summed E-state index contributed by atoms with van der Waals surface area (Å²) in [5.74, 6) is -1.64. The highest BCUT2D eigenvalue weighted by Crippen LogP contribution is 2.30. The number of rotatable bonds is 4. The maximum Gasteiger partial charge on any atom is 0.336 e. The first kappa shape index (κ1) is 14.0. The van der Waals surface area contributed by atoms with Gasteiger partial charge >= 0.3 is 5.97 Å². The third-order valence-electron chi connectivity index (χ3n) is 3.13. The van der Waals surface area contributed by atoms with Crippen LogP contribution in [0.2, 0.25) is 0 Å². The van der Waals surface area contributed by atoms with Gasteiger partial charge in [0.05, 0.1) is 5.57 Å². The normalized spacial score (nSPS) is 11.9. The first-order valence-electron chi connectivity index (χ1n) is 6.42. The van der Waals surface area contributed by atoms with E-state index in [1.807, 2.05) is 37.3 Å². The smallest absolute Gasteiger partial charge is 0.336 e. The van der Waals surface area contributed by atoms with E-state index in [2.05, 4.69) is 0 Å². The van der Waals surface area contributed by atoms with Gasteiger partial charge in [-0.2, -0.15) is 0 Å². The zero-order valence-electron chi connectivity index (χ0n) is 11.1. The zero-order valence-corrected chi connectivity index (χ0v) is 11.1. The third kappa shape index (κ3) is 2.77. The molecule has 0 bridgehead atoms. The Hall–Kier alpha value is -2.42. The highest BCUT2D eigenvalue weighted by molar-refractivity contribution is 6.23. The lowest BCUT2D eigenvalue weighted by Gasteiger charge is -2.12. The Balaban J connectivity index is 2.71. The predicted molar refractivity (Wildman–Crippen MR) is 77.6 cm³/mol. The molecule has 2 nitrogen and oxygen atoms in total. The van der Waals surface area contributed by atoms with Gasteiger partial charge in [0, 0.05) is 5.56 Å². The van der Waals surface area contributed by atoms with Gasteiger partial charge in [-0.3, -0.25) is 0 Å². The SMILES string of the molecule is CC/C(=C(\C(=O)O)c1ccccc1F)c1ccccc1. The maximum atomic E-state index is 13.9. The van der Waals surface area contributed by atoms with E-state index in [0.29, 0.717) is 12.0 Å². The molecule has 0 aliphatic carbocycles. The van der Waals surface area contributed by atoms with Gasteiger partial charge in [-0.15, -0.1) is 0 Å². The van der Waals surface area contributed by atoms with Crippen molar-refractivity contribution in [3.63, 3.8) is 0 Å². The van der Waals surface area contributed by atoms with Crippen LogP contribution in [0, 0.1) is 5.82 Å². The molecule has 3 heteroatoms. The van der Waals surface area contributed by atoms with Gasteiger partial charge in [0.15, 0.2) is 0 Å². The molecular weight excluding hydrogens is 255 g/mol. The maximum absolute atomic E-state index is 13.9. The van der Waals surface area contributed by atoms with E-state index in [-0.39, 0.29) is 11.1 Å². The molecule has 0 heterocycles. The van der Waals surface area contributed by atoms with Crippen molar-refractivity contribution in [1.82, 2.24) is 0 Å². The average molecular weight is 270 g/mol. The summed E-state index contributed by atoms with van der Waals surface area (Å²) >= 11 is 0. The number of carboxylic acid groups (broad SMARTS) is 1. The fourth-order valence-corrected chi connectivity index (χ4v) is 2.24. The van der Waals surface area contributed by atoms with E-state index in [9.17, 15) is 14.3 Å². The molecule has 1 N–H and O–H groups in total. The molecule has 2 rings (SSSR count). The summed E-state index contributed by atoms with van der Waals surface area (Å²) < 4.78 is 13.9. The minimum Gasteiger partial charge on any atom is -0.478 e. The van der Waals surface area contributed by atoms with Crippen LogP contribution in [0.15, 0.2) is 54.6 Å². The van der Waals surface area contributed by atoms with Crippen LogP contribution in [-0.2, 0) is 4.79 Å². The van der Waals surface area contributed by atoms with E-state index in [1.165, 1.54) is 12.1 Å². The van der Waals surface area contributed by atoms with Crippen LogP contribution in [0.25, 0.3) is 11.1 Å². The van der Waals surface area contributed by atoms with Gasteiger partial charge in [-0.05, 0) is 23.6 Å². The van der Waals surface area contributed by atoms with Crippen molar-refractivity contribution in [1.29, 1.82) is 0 Å². The van der Waals surface area contributed by atoms with Crippen LogP contribution in [0.1, 0.15) is 24.5 Å². The number of hydrogen-bond acceptors (Lipinski definition) is 1. The van der Waals surface area contributed by atoms with Crippen LogP contribution in [-0.4, -0.2) is 11.1 Å². The molecule has 2 aromatic rings. The van der Waals surface area contributed by atoms with Crippen molar-refractivity contribution in [2.75, 3.05) is 0 Å². The van der Waals surface area contributed by atoms with Crippen molar-refractivity contribution in [3.05, 3.63) is 71.5 Å². The first-order valence-corrected chi connectivity index (χ1v) is 6.42. The van der Waals surface area contributed by atoms with Crippen LogP contribution in [0.3, 0.4) is 0 Å². The first-order chi connectivity index (χ1) is 9.65. The highest BCUT2D eigenvalue weighted by atomic mass is 19.1. The zero-order chi connectivity index (χ0) is 14.5. The Labute approximate surface area is 117 Å². The fourth-order valence-electron chi connectivity index (χ4n) is 2.24. The Morgan fingerprint density at radius 1 is 1.05 bits per heavy atom. The van der Waals surface area contributed by atoms with Crippen LogP contribution < -0.4 is 0 Å². The highest BCUT2D eigenvalue weighted by Gasteiger charge is 2.19. The topological polar surface area (TPSA) is 37.3 Å². The number of benzene rings is 2. The standard InChI is InChI=1S/C17H15FO2/c1-2-13(12-8-4-3-5-9-12)16(17(19)20)14-10-6-7-11-15(14)18/h3-11H,2H2,1H3,(H,19,20)/b16-13+. The number of allylic oxidation sites excluding steroid dienone is 1. The van der Waals surface area contributed by atoms with Crippen LogP contribution in [0.5, 0.6) is 0 Å². The molecule has 0 amide bonds. The number of carbonyl (C=O) groups is 1. The van der Waals surface area contributed by atoms with Gasteiger partial charge in [0.25, 0.3) is 0 Å². The van der Waals surface area contributed by atoms with Gasteiger partial charge in [0.1, 0.15) is 5.82 Å². The fraction of sp³-hybridized carbons (Fsp3) is 0.118. The van der Waals surface area contributed by atoms with E-state index < -0.39 is 11.8 Å². The molecule has 0 spiro atoms. The van der Waals surface area contributed by atoms with Gasteiger partial charge in [-0.1, -0.05) is 55.5 Å². The molecule has 0 aromatic heterocycles. The van der Waals surface area contributed by atoms with Crippen LogP contribution >= 0.6 is 0 Å². The van der Waals surface area contributed by atoms with Crippen molar-refractivity contribution < 1.29 is 14.3 Å². The molecule has 0 aliphatic rings. The molecule has 102 valence electrons. The largest absolute Gasteiger partial charge is 0.478 e. The Morgan fingerprint density at radius 3 is 2.20 bits per heavy atom. The lowest BCUT2D eigenvalue weighted by atomic mass is 9.92. The van der Waals surface area contributed by atoms with E-state index in [1.54, 1.807) is 12.1 Å². The molecule has 0 unspecified atom stereocenters. The van der Waals surface area contributed by atoms with Crippen molar-refractivity contribution in [2.45, 2.75) is 13.3 Å². The van der Waals surface area contributed by atoms with Gasteiger partial charge < -0.3 is 5.11 Å². The summed E-state index contributed by atoms with van der Waals surface area (Å²) in [5.41, 5.74) is 1.58. The summed E-state index contributed by atoms with van der Waals surface area (Å²) in [7, 11) is 0.